The van der Waals surface area contributed by atoms with Gasteiger partial charge in [-0.05, 0) is 141 Å². The molecule has 68 heavy (non-hydrogen) atoms. The van der Waals surface area contributed by atoms with Gasteiger partial charge in [-0.15, -0.1) is 12.4 Å². The van der Waals surface area contributed by atoms with Gasteiger partial charge in [0.15, 0.2) is 0 Å². The molecule has 3 amide bonds. The summed E-state index contributed by atoms with van der Waals surface area (Å²) >= 11 is 0. The maximum atomic E-state index is 13.1. The summed E-state index contributed by atoms with van der Waals surface area (Å²) in [5.74, 6) is -0.606. The third-order valence-corrected chi connectivity index (χ3v) is 11.4. The summed E-state index contributed by atoms with van der Waals surface area (Å²) in [5, 5.41) is 12.1. The van der Waals surface area contributed by atoms with Crippen LogP contribution in [0.25, 0.3) is 0 Å². The number of carboxylic acid groups (broad SMARTS) is 1. The number of aliphatic carboxylic acids is 1. The van der Waals surface area contributed by atoms with Crippen LogP contribution in [0.3, 0.4) is 0 Å². The number of amides is 3. The average Bonchev–Trinajstić information content (AvgIpc) is 3.96. The fourth-order valence-electron chi connectivity index (χ4n) is 8.17. The van der Waals surface area contributed by atoms with Gasteiger partial charge in [-0.2, -0.15) is 17.6 Å². The summed E-state index contributed by atoms with van der Waals surface area (Å²) in [6, 6.07) is 11.1. The fourth-order valence-corrected chi connectivity index (χ4v) is 8.17. The molecule has 2 aromatic rings. The number of hydrogen-bond acceptors (Lipinski definition) is 11. The second-order valence-corrected chi connectivity index (χ2v) is 19.0. The molecule has 4 aliphatic rings. The predicted octanol–water partition coefficient (Wildman–Crippen LogP) is 8.33. The first-order valence-corrected chi connectivity index (χ1v) is 22.8. The van der Waals surface area contributed by atoms with Gasteiger partial charge in [-0.1, -0.05) is 24.3 Å². The van der Waals surface area contributed by atoms with Crippen molar-refractivity contribution in [2.24, 2.45) is 11.8 Å². The Morgan fingerprint density at radius 3 is 1.37 bits per heavy atom. The molecule has 4 fully saturated rings. The van der Waals surface area contributed by atoms with Crippen molar-refractivity contribution < 1.29 is 70.4 Å². The number of nitrogens with one attached hydrogen (secondary N) is 1. The SMILES string of the molecule is CC(C)(C)OC(=O)N1CCC[C@@H]1C(=O)N1CCC(C(=O)Cc2ccc(OC(F)F)cc2)CC1.CC(C)(C)OC(=O)N1CCC[C@@H]1C(=O)O.Cl.O=C(Cc1ccc(OC(F)F)cc1)C1CCNCC1. The highest BCUT2D eigenvalue weighted by atomic mass is 35.5. The summed E-state index contributed by atoms with van der Waals surface area (Å²) in [4.78, 5) is 77.3. The van der Waals surface area contributed by atoms with Crippen LogP contribution in [-0.4, -0.2) is 131 Å². The van der Waals surface area contributed by atoms with Gasteiger partial charge >= 0.3 is 31.4 Å². The van der Waals surface area contributed by atoms with Crippen LogP contribution in [0.4, 0.5) is 27.2 Å². The minimum Gasteiger partial charge on any atom is -0.480 e. The van der Waals surface area contributed by atoms with E-state index in [1.54, 1.807) is 70.7 Å². The normalized spacial score (nSPS) is 18.9. The zero-order valence-electron chi connectivity index (χ0n) is 39.7. The highest BCUT2D eigenvalue weighted by Crippen LogP contribution is 2.27. The molecule has 4 saturated heterocycles. The molecule has 20 heteroatoms. The predicted molar refractivity (Wildman–Crippen MR) is 245 cm³/mol. The number of carbonyl (C=O) groups excluding carboxylic acids is 5. The Labute approximate surface area is 401 Å². The lowest BCUT2D eigenvalue weighted by Gasteiger charge is -2.35. The fraction of sp³-hybridized carbons (Fsp3) is 0.625. The summed E-state index contributed by atoms with van der Waals surface area (Å²) < 4.78 is 67.7. The minimum absolute atomic E-state index is 0. The third kappa shape index (κ3) is 19.1. The molecule has 4 heterocycles. The lowest BCUT2D eigenvalue weighted by Crippen LogP contribution is -2.51. The number of carbonyl (C=O) groups is 6. The second-order valence-electron chi connectivity index (χ2n) is 19.0. The summed E-state index contributed by atoms with van der Waals surface area (Å²) in [7, 11) is 0. The van der Waals surface area contributed by atoms with Crippen molar-refractivity contribution >= 4 is 48.0 Å². The molecule has 2 atom stereocenters. The number of carboxylic acids is 1. The Hall–Kier alpha value is -5.17. The Bertz CT molecular complexity index is 1950. The molecule has 2 aromatic carbocycles. The van der Waals surface area contributed by atoms with Crippen LogP contribution in [0.1, 0.15) is 104 Å². The topological polar surface area (TPSA) is 181 Å². The van der Waals surface area contributed by atoms with Crippen molar-refractivity contribution in [2.75, 3.05) is 39.3 Å². The number of halogens is 5. The van der Waals surface area contributed by atoms with Gasteiger partial charge in [0.2, 0.25) is 5.91 Å². The molecular formula is C48H67ClF4N4O11. The standard InChI is InChI=1S/C24H32F2N2O5.C14H17F2NO2.C10H17NO4.ClH/c1-24(2,3)33-23(31)28-12-4-5-19(28)21(30)27-13-10-17(11-14-27)20(29)15-16-6-8-18(9-7-16)32-22(25)26;15-14(16)19-12-3-1-10(2-4-12)9-13(18)11-5-7-17-8-6-11;1-10(2,3)15-9(14)11-6-4-5-7(11)8(12)13;/h6-9,17,19,22H,4-5,10-15H2,1-3H3;1-4,11,14,17H,5-9H2;7H,4-6H2,1-3H3,(H,12,13);1H/t19-;;7-;/m1.1./s1. The largest absolute Gasteiger partial charge is 0.480 e. The second kappa shape index (κ2) is 26.5. The van der Waals surface area contributed by atoms with E-state index < -0.39 is 54.7 Å². The number of likely N-dealkylation sites (tertiary alicyclic amines) is 3. The van der Waals surface area contributed by atoms with E-state index in [0.29, 0.717) is 58.3 Å². The van der Waals surface area contributed by atoms with E-state index in [-0.39, 0.29) is 59.6 Å². The lowest BCUT2D eigenvalue weighted by molar-refractivity contribution is -0.142. The molecule has 0 aliphatic carbocycles. The molecule has 2 N–H and O–H groups in total. The van der Waals surface area contributed by atoms with Crippen molar-refractivity contribution in [1.82, 2.24) is 20.0 Å². The van der Waals surface area contributed by atoms with E-state index in [2.05, 4.69) is 14.8 Å². The number of alkyl halides is 4. The first-order valence-electron chi connectivity index (χ1n) is 22.8. The number of piperidine rings is 2. The number of rotatable bonds is 12. The molecule has 4 aliphatic heterocycles. The Kier molecular flexibility index (Phi) is 22.3. The van der Waals surface area contributed by atoms with Crippen molar-refractivity contribution in [1.29, 1.82) is 0 Å². The van der Waals surface area contributed by atoms with Crippen LogP contribution in [0.15, 0.2) is 48.5 Å². The lowest BCUT2D eigenvalue weighted by atomic mass is 9.89. The summed E-state index contributed by atoms with van der Waals surface area (Å²) in [6.07, 6.45) is 5.06. The number of ether oxygens (including phenoxy) is 4. The molecule has 15 nitrogen and oxygen atoms in total. The number of Topliss-reactive ketones (excluding diaryl/α,β-unsaturated/α-hetero) is 2. The van der Waals surface area contributed by atoms with E-state index in [0.717, 1.165) is 49.9 Å². The molecular weight excluding hydrogens is 920 g/mol. The van der Waals surface area contributed by atoms with E-state index in [4.69, 9.17) is 14.6 Å². The quantitative estimate of drug-likeness (QED) is 0.195. The maximum absolute atomic E-state index is 13.1. The van der Waals surface area contributed by atoms with Crippen molar-refractivity contribution in [3.63, 3.8) is 0 Å². The number of benzene rings is 2. The minimum atomic E-state index is -2.88. The molecule has 6 rings (SSSR count). The first kappa shape index (κ1) is 57.1. The molecule has 0 spiro atoms. The maximum Gasteiger partial charge on any atom is 0.411 e. The Balaban J connectivity index is 0.000000296. The Morgan fingerprint density at radius 2 is 0.985 bits per heavy atom. The first-order chi connectivity index (χ1) is 31.5. The van der Waals surface area contributed by atoms with Crippen LogP contribution in [0.5, 0.6) is 11.5 Å². The molecule has 0 bridgehead atoms. The van der Waals surface area contributed by atoms with Gasteiger partial charge in [0.1, 0.15) is 46.4 Å². The zero-order valence-corrected chi connectivity index (χ0v) is 40.5. The monoisotopic (exact) mass is 986 g/mol. The van der Waals surface area contributed by atoms with Crippen molar-refractivity contribution in [3.8, 4) is 11.5 Å². The van der Waals surface area contributed by atoms with Crippen molar-refractivity contribution in [3.05, 3.63) is 59.7 Å². The van der Waals surface area contributed by atoms with Gasteiger partial charge in [0, 0.05) is 50.9 Å². The smallest absolute Gasteiger partial charge is 0.411 e. The molecule has 0 saturated carbocycles. The van der Waals surface area contributed by atoms with Crippen LogP contribution >= 0.6 is 12.4 Å². The zero-order chi connectivity index (χ0) is 49.5. The summed E-state index contributed by atoms with van der Waals surface area (Å²) in [6.45, 7) is 8.64. The number of ketones is 2. The number of hydrogen-bond donors (Lipinski definition) is 2. The average molecular weight is 988 g/mol. The third-order valence-electron chi connectivity index (χ3n) is 11.4. The molecule has 0 unspecified atom stereocenters. The van der Waals surface area contributed by atoms with E-state index in [9.17, 15) is 46.3 Å². The number of nitrogens with zero attached hydrogens (tertiary/aromatic N) is 3. The van der Waals surface area contributed by atoms with Crippen LogP contribution < -0.4 is 14.8 Å². The van der Waals surface area contributed by atoms with E-state index in [1.807, 2.05) is 0 Å². The highest BCUT2D eigenvalue weighted by molar-refractivity contribution is 5.87. The van der Waals surface area contributed by atoms with Crippen LogP contribution in [0, 0.1) is 11.8 Å². The van der Waals surface area contributed by atoms with Crippen LogP contribution in [-0.2, 0) is 41.5 Å². The van der Waals surface area contributed by atoms with Gasteiger partial charge in [-0.25, -0.2) is 14.4 Å². The summed E-state index contributed by atoms with van der Waals surface area (Å²) in [5.41, 5.74) is 0.370. The van der Waals surface area contributed by atoms with Gasteiger partial charge in [0.05, 0.1) is 0 Å². The highest BCUT2D eigenvalue weighted by Gasteiger charge is 2.40. The van der Waals surface area contributed by atoms with Crippen molar-refractivity contribution in [2.45, 2.75) is 142 Å². The van der Waals surface area contributed by atoms with E-state index >= 15 is 0 Å². The molecule has 380 valence electrons. The molecule has 0 aromatic heterocycles. The van der Waals surface area contributed by atoms with Gasteiger partial charge in [0.25, 0.3) is 0 Å². The van der Waals surface area contributed by atoms with Crippen LogP contribution in [0.2, 0.25) is 0 Å². The Morgan fingerprint density at radius 1 is 0.603 bits per heavy atom. The van der Waals surface area contributed by atoms with Gasteiger partial charge in [-0.3, -0.25) is 24.2 Å². The molecule has 0 radical (unpaired) electrons. The van der Waals surface area contributed by atoms with E-state index in [1.165, 1.54) is 34.1 Å². The van der Waals surface area contributed by atoms with Gasteiger partial charge < -0.3 is 34.3 Å².